The van der Waals surface area contributed by atoms with Crippen LogP contribution in [0.3, 0.4) is 0 Å². The van der Waals surface area contributed by atoms with Crippen molar-refractivity contribution in [2.45, 2.75) is 12.8 Å². The summed E-state index contributed by atoms with van der Waals surface area (Å²) in [7, 11) is 6.18. The van der Waals surface area contributed by atoms with Crippen LogP contribution >= 0.6 is 0 Å². The molecule has 0 N–H and O–H groups in total. The summed E-state index contributed by atoms with van der Waals surface area (Å²) in [6.45, 7) is 0. The average Bonchev–Trinajstić information content (AvgIpc) is 3.17. The minimum absolute atomic E-state index is 0.550. The van der Waals surface area contributed by atoms with E-state index in [1.165, 1.54) is 11.8 Å². The molecule has 1 heterocycles. The molecule has 7 heteroatoms. The SMILES string of the molecule is COC(=O)n1nc2c(c1-c1cc(OC)cc(OC)c1)CCc1cc(OC)ccc1-2. The van der Waals surface area contributed by atoms with E-state index in [0.717, 1.165) is 46.5 Å². The third kappa shape index (κ3) is 3.18. The van der Waals surface area contributed by atoms with Crippen molar-refractivity contribution in [3.8, 4) is 39.8 Å². The zero-order chi connectivity index (χ0) is 20.5. The zero-order valence-corrected chi connectivity index (χ0v) is 16.8. The molecule has 150 valence electrons. The van der Waals surface area contributed by atoms with Gasteiger partial charge in [0.2, 0.25) is 0 Å². The van der Waals surface area contributed by atoms with Crippen LogP contribution in [0.4, 0.5) is 4.79 Å². The second kappa shape index (κ2) is 7.50. The van der Waals surface area contributed by atoms with Gasteiger partial charge < -0.3 is 18.9 Å². The van der Waals surface area contributed by atoms with Crippen LogP contribution in [0.2, 0.25) is 0 Å². The van der Waals surface area contributed by atoms with Crippen molar-refractivity contribution in [2.75, 3.05) is 28.4 Å². The minimum Gasteiger partial charge on any atom is -0.497 e. The first kappa shape index (κ1) is 18.9. The number of nitrogens with zero attached hydrogens (tertiary/aromatic N) is 2. The standard InChI is InChI=1S/C22H22N2O5/c1-26-15-6-8-18-13(9-15)5-7-19-20(18)23-24(22(25)29-4)21(19)14-10-16(27-2)12-17(11-14)28-3/h6,8-12H,5,7H2,1-4H3. The van der Waals surface area contributed by atoms with Gasteiger partial charge in [0.25, 0.3) is 0 Å². The first-order valence-electron chi connectivity index (χ1n) is 9.20. The van der Waals surface area contributed by atoms with Crippen LogP contribution in [-0.4, -0.2) is 44.3 Å². The maximum atomic E-state index is 12.5. The lowest BCUT2D eigenvalue weighted by molar-refractivity contribution is 0.169. The molecule has 0 atom stereocenters. The molecule has 3 aromatic rings. The maximum absolute atomic E-state index is 12.5. The van der Waals surface area contributed by atoms with Crippen LogP contribution in [0.5, 0.6) is 17.2 Å². The molecule has 7 nitrogen and oxygen atoms in total. The third-order valence-corrected chi connectivity index (χ3v) is 5.17. The van der Waals surface area contributed by atoms with E-state index in [4.69, 9.17) is 18.9 Å². The number of methoxy groups -OCH3 is 4. The predicted octanol–water partition coefficient (Wildman–Crippen LogP) is 3.96. The fraction of sp³-hybridized carbons (Fsp3) is 0.273. The molecule has 0 amide bonds. The van der Waals surface area contributed by atoms with Crippen molar-refractivity contribution in [1.29, 1.82) is 0 Å². The van der Waals surface area contributed by atoms with Gasteiger partial charge in [-0.25, -0.2) is 4.79 Å². The van der Waals surface area contributed by atoms with Gasteiger partial charge in [-0.15, -0.1) is 0 Å². The second-order valence-corrected chi connectivity index (χ2v) is 6.68. The number of ether oxygens (including phenoxy) is 4. The summed E-state index contributed by atoms with van der Waals surface area (Å²) in [6.07, 6.45) is 1.01. The predicted molar refractivity (Wildman–Crippen MR) is 108 cm³/mol. The van der Waals surface area contributed by atoms with E-state index >= 15 is 0 Å². The number of aryl methyl sites for hydroxylation is 1. The third-order valence-electron chi connectivity index (χ3n) is 5.17. The van der Waals surface area contributed by atoms with Gasteiger partial charge in [0.05, 0.1) is 39.8 Å². The molecule has 4 rings (SSSR count). The molecule has 0 fully saturated rings. The smallest absolute Gasteiger partial charge is 0.435 e. The van der Waals surface area contributed by atoms with Crippen LogP contribution in [-0.2, 0) is 17.6 Å². The van der Waals surface area contributed by atoms with Gasteiger partial charge in [-0.3, -0.25) is 0 Å². The normalized spacial score (nSPS) is 12.0. The Morgan fingerprint density at radius 3 is 2.21 bits per heavy atom. The van der Waals surface area contributed by atoms with E-state index in [0.29, 0.717) is 17.2 Å². The van der Waals surface area contributed by atoms with Gasteiger partial charge in [-0.2, -0.15) is 9.78 Å². The Kier molecular flexibility index (Phi) is 4.88. The molecule has 0 saturated heterocycles. The zero-order valence-electron chi connectivity index (χ0n) is 16.8. The molecule has 0 spiro atoms. The first-order valence-corrected chi connectivity index (χ1v) is 9.20. The van der Waals surface area contributed by atoms with Gasteiger partial charge in [0, 0.05) is 22.8 Å². The van der Waals surface area contributed by atoms with E-state index in [-0.39, 0.29) is 0 Å². The topological polar surface area (TPSA) is 71.8 Å². The number of rotatable bonds is 4. The summed E-state index contributed by atoms with van der Waals surface area (Å²) in [6, 6.07) is 11.4. The van der Waals surface area contributed by atoms with Crippen molar-refractivity contribution in [2.24, 2.45) is 0 Å². The minimum atomic E-state index is -0.550. The Labute approximate surface area is 168 Å². The van der Waals surface area contributed by atoms with Crippen molar-refractivity contribution < 1.29 is 23.7 Å². The van der Waals surface area contributed by atoms with E-state index < -0.39 is 6.09 Å². The highest BCUT2D eigenvalue weighted by Crippen LogP contribution is 2.41. The number of fused-ring (bicyclic) bond motifs is 3. The highest BCUT2D eigenvalue weighted by Gasteiger charge is 2.29. The lowest BCUT2D eigenvalue weighted by atomic mass is 9.87. The molecule has 1 aliphatic rings. The first-order chi connectivity index (χ1) is 14.1. The summed E-state index contributed by atoms with van der Waals surface area (Å²) < 4.78 is 22.5. The largest absolute Gasteiger partial charge is 0.497 e. The summed E-state index contributed by atoms with van der Waals surface area (Å²) in [4.78, 5) is 12.5. The number of hydrogen-bond donors (Lipinski definition) is 0. The quantitative estimate of drug-likeness (QED) is 0.667. The Hall–Kier alpha value is -3.48. The molecule has 0 unspecified atom stereocenters. The molecule has 1 aromatic heterocycles. The molecule has 1 aliphatic carbocycles. The van der Waals surface area contributed by atoms with Gasteiger partial charge in [-0.05, 0) is 48.7 Å². The van der Waals surface area contributed by atoms with Gasteiger partial charge in [-0.1, -0.05) is 0 Å². The average molecular weight is 394 g/mol. The monoisotopic (exact) mass is 394 g/mol. The Balaban J connectivity index is 1.96. The Morgan fingerprint density at radius 2 is 1.59 bits per heavy atom. The highest BCUT2D eigenvalue weighted by molar-refractivity contribution is 5.85. The molecule has 0 radical (unpaired) electrons. The van der Waals surface area contributed by atoms with E-state index in [2.05, 4.69) is 5.10 Å². The van der Waals surface area contributed by atoms with Gasteiger partial charge in [0.15, 0.2) is 0 Å². The van der Waals surface area contributed by atoms with E-state index in [1.54, 1.807) is 27.4 Å². The molecule has 29 heavy (non-hydrogen) atoms. The number of hydrogen-bond acceptors (Lipinski definition) is 6. The Bertz CT molecular complexity index is 1060. The number of aromatic nitrogens is 2. The van der Waals surface area contributed by atoms with Crippen molar-refractivity contribution in [3.63, 3.8) is 0 Å². The molecular weight excluding hydrogens is 372 g/mol. The summed E-state index contributed by atoms with van der Waals surface area (Å²) in [5, 5.41) is 4.63. The van der Waals surface area contributed by atoms with Crippen LogP contribution < -0.4 is 14.2 Å². The van der Waals surface area contributed by atoms with E-state index in [1.807, 2.05) is 30.3 Å². The van der Waals surface area contributed by atoms with Crippen LogP contribution in [0.15, 0.2) is 36.4 Å². The summed E-state index contributed by atoms with van der Waals surface area (Å²) >= 11 is 0. The van der Waals surface area contributed by atoms with Crippen LogP contribution in [0.1, 0.15) is 11.1 Å². The fourth-order valence-electron chi connectivity index (χ4n) is 3.76. The molecular formula is C22H22N2O5. The van der Waals surface area contributed by atoms with Crippen molar-refractivity contribution >= 4 is 6.09 Å². The number of benzene rings is 2. The summed E-state index contributed by atoms with van der Waals surface area (Å²) in [5.74, 6) is 2.07. The lowest BCUT2D eigenvalue weighted by Gasteiger charge is -2.17. The lowest BCUT2D eigenvalue weighted by Crippen LogP contribution is -2.14. The van der Waals surface area contributed by atoms with Crippen LogP contribution in [0, 0.1) is 0 Å². The van der Waals surface area contributed by atoms with Gasteiger partial charge in [0.1, 0.15) is 17.2 Å². The molecule has 0 bridgehead atoms. The Morgan fingerprint density at radius 1 is 0.897 bits per heavy atom. The molecule has 0 aliphatic heterocycles. The highest BCUT2D eigenvalue weighted by atomic mass is 16.5. The van der Waals surface area contributed by atoms with Crippen molar-refractivity contribution in [1.82, 2.24) is 9.78 Å². The second-order valence-electron chi connectivity index (χ2n) is 6.68. The maximum Gasteiger partial charge on any atom is 0.435 e. The van der Waals surface area contributed by atoms with Crippen molar-refractivity contribution in [3.05, 3.63) is 47.5 Å². The summed E-state index contributed by atoms with van der Waals surface area (Å²) in [5.41, 5.74) is 5.36. The molecule has 2 aromatic carbocycles. The fourth-order valence-corrected chi connectivity index (χ4v) is 3.76. The van der Waals surface area contributed by atoms with E-state index in [9.17, 15) is 4.79 Å². The number of carbonyl (C=O) groups excluding carboxylic acids is 1. The van der Waals surface area contributed by atoms with Gasteiger partial charge >= 0.3 is 6.09 Å². The van der Waals surface area contributed by atoms with Crippen LogP contribution in [0.25, 0.3) is 22.5 Å². The molecule has 0 saturated carbocycles. The number of carbonyl (C=O) groups is 1.